The number of sulfonamides is 1. The molecule has 0 spiro atoms. The fourth-order valence-corrected chi connectivity index (χ4v) is 4.88. The first-order chi connectivity index (χ1) is 12.1. The first kappa shape index (κ1) is 17.6. The topological polar surface area (TPSA) is 66.5 Å². The minimum Gasteiger partial charge on any atom is -0.326 e. The van der Waals surface area contributed by atoms with Gasteiger partial charge in [-0.2, -0.15) is 4.31 Å². The van der Waals surface area contributed by atoms with Crippen LogP contribution in [0.15, 0.2) is 65.6 Å². The van der Waals surface area contributed by atoms with Crippen LogP contribution in [-0.4, -0.2) is 31.2 Å². The van der Waals surface area contributed by atoms with Crippen molar-refractivity contribution in [2.75, 3.05) is 11.9 Å². The molecule has 25 heavy (non-hydrogen) atoms. The van der Waals surface area contributed by atoms with Gasteiger partial charge in [0.2, 0.25) is 15.9 Å². The second kappa shape index (κ2) is 7.80. The Bertz CT molecular complexity index is 807. The minimum atomic E-state index is -3.58. The average Bonchev–Trinajstić information content (AvgIpc) is 2.63. The van der Waals surface area contributed by atoms with Crippen molar-refractivity contribution in [1.29, 1.82) is 0 Å². The zero-order chi connectivity index (χ0) is 17.7. The predicted molar refractivity (Wildman–Crippen MR) is 97.7 cm³/mol. The summed E-state index contributed by atoms with van der Waals surface area (Å²) < 4.78 is 27.4. The standard InChI is InChI=1S/C19H22N2O3S/c22-19(20-16-9-3-1-4-10-16)15-17-11-7-8-14-21(17)25(23,24)18-12-5-2-6-13-18/h1-6,9-10,12-13,17H,7-8,11,14-15H2,(H,20,22)/t17-/m0/s1. The van der Waals surface area contributed by atoms with Gasteiger partial charge in [-0.05, 0) is 37.1 Å². The smallest absolute Gasteiger partial charge is 0.243 e. The van der Waals surface area contributed by atoms with Gasteiger partial charge in [-0.25, -0.2) is 8.42 Å². The lowest BCUT2D eigenvalue weighted by atomic mass is 10.0. The second-order valence-corrected chi connectivity index (χ2v) is 8.09. The van der Waals surface area contributed by atoms with Gasteiger partial charge < -0.3 is 5.32 Å². The van der Waals surface area contributed by atoms with E-state index in [1.165, 1.54) is 4.31 Å². The first-order valence-corrected chi connectivity index (χ1v) is 9.93. The summed E-state index contributed by atoms with van der Waals surface area (Å²) in [6, 6.07) is 17.3. The molecule has 0 aromatic heterocycles. The molecule has 0 bridgehead atoms. The molecule has 0 unspecified atom stereocenters. The highest BCUT2D eigenvalue weighted by atomic mass is 32.2. The number of anilines is 1. The van der Waals surface area contributed by atoms with Crippen molar-refractivity contribution in [2.45, 2.75) is 36.6 Å². The highest BCUT2D eigenvalue weighted by Gasteiger charge is 2.34. The second-order valence-electron chi connectivity index (χ2n) is 6.20. The van der Waals surface area contributed by atoms with Gasteiger partial charge in [0.15, 0.2) is 0 Å². The van der Waals surface area contributed by atoms with Crippen LogP contribution >= 0.6 is 0 Å². The monoisotopic (exact) mass is 358 g/mol. The molecule has 3 rings (SSSR count). The van der Waals surface area contributed by atoms with Crippen molar-refractivity contribution in [2.24, 2.45) is 0 Å². The lowest BCUT2D eigenvalue weighted by Gasteiger charge is -2.34. The molecule has 1 N–H and O–H groups in total. The Morgan fingerprint density at radius 3 is 2.32 bits per heavy atom. The average molecular weight is 358 g/mol. The Balaban J connectivity index is 1.74. The number of rotatable bonds is 5. The number of amides is 1. The molecular weight excluding hydrogens is 336 g/mol. The van der Waals surface area contributed by atoms with Crippen molar-refractivity contribution in [3.05, 3.63) is 60.7 Å². The molecule has 0 radical (unpaired) electrons. The summed E-state index contributed by atoms with van der Waals surface area (Å²) in [7, 11) is -3.58. The number of hydrogen-bond donors (Lipinski definition) is 1. The zero-order valence-corrected chi connectivity index (χ0v) is 14.8. The van der Waals surface area contributed by atoms with E-state index in [0.29, 0.717) is 13.0 Å². The van der Waals surface area contributed by atoms with Crippen LogP contribution in [0.2, 0.25) is 0 Å². The molecule has 0 aliphatic carbocycles. The SMILES string of the molecule is O=C(C[C@@H]1CCCCN1S(=O)(=O)c1ccccc1)Nc1ccccc1. The van der Waals surface area contributed by atoms with Crippen LogP contribution in [0.4, 0.5) is 5.69 Å². The van der Waals surface area contributed by atoms with Crippen LogP contribution in [-0.2, 0) is 14.8 Å². The third kappa shape index (κ3) is 4.27. The third-order valence-electron chi connectivity index (χ3n) is 4.40. The molecule has 2 aromatic carbocycles. The number of para-hydroxylation sites is 1. The maximum Gasteiger partial charge on any atom is 0.243 e. The Morgan fingerprint density at radius 1 is 1.00 bits per heavy atom. The Hall–Kier alpha value is -2.18. The molecule has 1 fully saturated rings. The molecular formula is C19H22N2O3S. The summed E-state index contributed by atoms with van der Waals surface area (Å²) in [6.45, 7) is 0.459. The molecule has 6 heteroatoms. The van der Waals surface area contributed by atoms with Crippen molar-refractivity contribution in [1.82, 2.24) is 4.31 Å². The molecule has 1 aliphatic rings. The van der Waals surface area contributed by atoms with E-state index >= 15 is 0 Å². The summed E-state index contributed by atoms with van der Waals surface area (Å²) in [5.74, 6) is -0.161. The summed E-state index contributed by atoms with van der Waals surface area (Å²) in [5, 5.41) is 2.84. The van der Waals surface area contributed by atoms with Crippen LogP contribution in [0.3, 0.4) is 0 Å². The van der Waals surface area contributed by atoms with Crippen molar-refractivity contribution < 1.29 is 13.2 Å². The van der Waals surface area contributed by atoms with E-state index in [1.807, 2.05) is 30.3 Å². The van der Waals surface area contributed by atoms with Crippen LogP contribution in [0, 0.1) is 0 Å². The van der Waals surface area contributed by atoms with E-state index in [2.05, 4.69) is 5.32 Å². The number of carbonyl (C=O) groups excluding carboxylic acids is 1. The normalized spacial score (nSPS) is 18.6. The van der Waals surface area contributed by atoms with Crippen molar-refractivity contribution >= 4 is 21.6 Å². The molecule has 2 aromatic rings. The predicted octanol–water partition coefficient (Wildman–Crippen LogP) is 3.26. The Morgan fingerprint density at radius 2 is 1.64 bits per heavy atom. The van der Waals surface area contributed by atoms with Gasteiger partial charge in [-0.3, -0.25) is 4.79 Å². The van der Waals surface area contributed by atoms with E-state index < -0.39 is 10.0 Å². The number of nitrogens with one attached hydrogen (secondary N) is 1. The number of piperidine rings is 1. The molecule has 1 heterocycles. The fraction of sp³-hybridized carbons (Fsp3) is 0.316. The van der Waals surface area contributed by atoms with Gasteiger partial charge in [0.1, 0.15) is 0 Å². The summed E-state index contributed by atoms with van der Waals surface area (Å²) in [5.41, 5.74) is 0.723. The highest BCUT2D eigenvalue weighted by Crippen LogP contribution is 2.27. The Labute approximate surface area is 148 Å². The molecule has 5 nitrogen and oxygen atoms in total. The van der Waals surface area contributed by atoms with E-state index in [0.717, 1.165) is 18.5 Å². The summed E-state index contributed by atoms with van der Waals surface area (Å²) in [6.07, 6.45) is 2.63. The van der Waals surface area contributed by atoms with E-state index in [9.17, 15) is 13.2 Å². The van der Waals surface area contributed by atoms with Crippen LogP contribution in [0.1, 0.15) is 25.7 Å². The van der Waals surface area contributed by atoms with Crippen molar-refractivity contribution in [3.8, 4) is 0 Å². The maximum atomic E-state index is 12.9. The third-order valence-corrected chi connectivity index (χ3v) is 6.37. The first-order valence-electron chi connectivity index (χ1n) is 8.49. The highest BCUT2D eigenvalue weighted by molar-refractivity contribution is 7.89. The van der Waals surface area contributed by atoms with Crippen LogP contribution in [0.25, 0.3) is 0 Å². The van der Waals surface area contributed by atoms with E-state index in [1.54, 1.807) is 30.3 Å². The maximum absolute atomic E-state index is 12.9. The number of nitrogens with zero attached hydrogens (tertiary/aromatic N) is 1. The fourth-order valence-electron chi connectivity index (χ4n) is 3.17. The molecule has 1 aliphatic heterocycles. The van der Waals surface area contributed by atoms with Crippen LogP contribution < -0.4 is 5.32 Å². The largest absolute Gasteiger partial charge is 0.326 e. The van der Waals surface area contributed by atoms with E-state index in [4.69, 9.17) is 0 Å². The molecule has 1 saturated heterocycles. The zero-order valence-electron chi connectivity index (χ0n) is 14.0. The number of benzene rings is 2. The van der Waals surface area contributed by atoms with E-state index in [-0.39, 0.29) is 23.3 Å². The van der Waals surface area contributed by atoms with Gasteiger partial charge in [0.05, 0.1) is 4.90 Å². The molecule has 1 amide bonds. The van der Waals surface area contributed by atoms with Gasteiger partial charge >= 0.3 is 0 Å². The number of carbonyl (C=O) groups is 1. The molecule has 132 valence electrons. The summed E-state index contributed by atoms with van der Waals surface area (Å²) in [4.78, 5) is 12.6. The lowest BCUT2D eigenvalue weighted by Crippen LogP contribution is -2.45. The van der Waals surface area contributed by atoms with Gasteiger partial charge in [0.25, 0.3) is 0 Å². The quantitative estimate of drug-likeness (QED) is 0.892. The van der Waals surface area contributed by atoms with Gasteiger partial charge in [0, 0.05) is 24.7 Å². The van der Waals surface area contributed by atoms with Gasteiger partial charge in [-0.15, -0.1) is 0 Å². The van der Waals surface area contributed by atoms with Crippen molar-refractivity contribution in [3.63, 3.8) is 0 Å². The number of hydrogen-bond acceptors (Lipinski definition) is 3. The van der Waals surface area contributed by atoms with Crippen LogP contribution in [0.5, 0.6) is 0 Å². The minimum absolute atomic E-state index is 0.161. The molecule has 0 saturated carbocycles. The van der Waals surface area contributed by atoms with Gasteiger partial charge in [-0.1, -0.05) is 42.8 Å². The lowest BCUT2D eigenvalue weighted by molar-refractivity contribution is -0.117. The Kier molecular flexibility index (Phi) is 5.50. The molecule has 1 atom stereocenters. The summed E-state index contributed by atoms with van der Waals surface area (Å²) >= 11 is 0.